The average molecular weight is 389 g/mol. The van der Waals surface area contributed by atoms with E-state index < -0.39 is 0 Å². The lowest BCUT2D eigenvalue weighted by Crippen LogP contribution is -2.23. The maximum absolute atomic E-state index is 12.5. The zero-order valence-corrected chi connectivity index (χ0v) is 16.3. The summed E-state index contributed by atoms with van der Waals surface area (Å²) < 4.78 is 11.1. The molecule has 0 saturated carbocycles. The standard InChI is InChI=1S/C19H23N3O4S/c1-3-25-14-7-8-16(26-4-2)15(11-14)21-17(23)10-13-12-27-19(20-13)22-9-5-6-18(22)24/h7-8,11-12H,3-6,9-10H2,1-2H3,(H,21,23). The molecule has 1 N–H and O–H groups in total. The van der Waals surface area contributed by atoms with Crippen molar-refractivity contribution < 1.29 is 19.1 Å². The monoisotopic (exact) mass is 389 g/mol. The van der Waals surface area contributed by atoms with Gasteiger partial charge >= 0.3 is 0 Å². The molecule has 144 valence electrons. The van der Waals surface area contributed by atoms with E-state index in [1.807, 2.05) is 25.3 Å². The van der Waals surface area contributed by atoms with E-state index in [2.05, 4.69) is 10.3 Å². The van der Waals surface area contributed by atoms with Crippen LogP contribution in [0.3, 0.4) is 0 Å². The molecule has 27 heavy (non-hydrogen) atoms. The molecular weight excluding hydrogens is 366 g/mol. The minimum Gasteiger partial charge on any atom is -0.494 e. The van der Waals surface area contributed by atoms with Crippen LogP contribution in [0.4, 0.5) is 10.8 Å². The molecule has 1 aliphatic rings. The molecule has 1 aromatic carbocycles. The Kier molecular flexibility index (Phi) is 6.28. The molecule has 0 unspecified atom stereocenters. The summed E-state index contributed by atoms with van der Waals surface area (Å²) >= 11 is 1.39. The predicted molar refractivity (Wildman–Crippen MR) is 105 cm³/mol. The predicted octanol–water partition coefficient (Wildman–Crippen LogP) is 3.25. The van der Waals surface area contributed by atoms with E-state index in [4.69, 9.17) is 9.47 Å². The Balaban J connectivity index is 1.67. The van der Waals surface area contributed by atoms with Crippen molar-refractivity contribution in [1.82, 2.24) is 4.98 Å². The molecule has 0 radical (unpaired) electrons. The molecule has 3 rings (SSSR count). The first-order valence-electron chi connectivity index (χ1n) is 9.05. The van der Waals surface area contributed by atoms with Crippen molar-refractivity contribution >= 4 is 34.0 Å². The van der Waals surface area contributed by atoms with Gasteiger partial charge in [0.05, 0.1) is 31.0 Å². The zero-order valence-electron chi connectivity index (χ0n) is 15.5. The molecule has 7 nitrogen and oxygen atoms in total. The molecule has 2 aromatic rings. The van der Waals surface area contributed by atoms with Crippen LogP contribution in [0.2, 0.25) is 0 Å². The van der Waals surface area contributed by atoms with Crippen LogP contribution in [-0.4, -0.2) is 36.6 Å². The van der Waals surface area contributed by atoms with E-state index in [1.165, 1.54) is 11.3 Å². The lowest BCUT2D eigenvalue weighted by molar-refractivity contribution is -0.117. The highest BCUT2D eigenvalue weighted by Crippen LogP contribution is 2.30. The summed E-state index contributed by atoms with van der Waals surface area (Å²) in [4.78, 5) is 30.4. The van der Waals surface area contributed by atoms with Crippen molar-refractivity contribution in [2.45, 2.75) is 33.1 Å². The fourth-order valence-corrected chi connectivity index (χ4v) is 3.72. The van der Waals surface area contributed by atoms with Gasteiger partial charge in [-0.25, -0.2) is 4.98 Å². The summed E-state index contributed by atoms with van der Waals surface area (Å²) in [5, 5.41) is 5.35. The molecule has 0 aliphatic carbocycles. The molecule has 2 heterocycles. The highest BCUT2D eigenvalue weighted by Gasteiger charge is 2.24. The summed E-state index contributed by atoms with van der Waals surface area (Å²) in [7, 11) is 0. The van der Waals surface area contributed by atoms with E-state index in [0.29, 0.717) is 54.2 Å². The molecule has 1 aromatic heterocycles. The maximum atomic E-state index is 12.5. The van der Waals surface area contributed by atoms with Crippen molar-refractivity contribution in [3.63, 3.8) is 0 Å². The van der Waals surface area contributed by atoms with Gasteiger partial charge in [-0.05, 0) is 32.4 Å². The topological polar surface area (TPSA) is 80.8 Å². The lowest BCUT2D eigenvalue weighted by Gasteiger charge is -2.13. The summed E-state index contributed by atoms with van der Waals surface area (Å²) in [6.07, 6.45) is 1.54. The van der Waals surface area contributed by atoms with Crippen molar-refractivity contribution in [3.8, 4) is 11.5 Å². The van der Waals surface area contributed by atoms with Gasteiger partial charge in [0, 0.05) is 24.4 Å². The number of carbonyl (C=O) groups excluding carboxylic acids is 2. The Morgan fingerprint density at radius 3 is 2.81 bits per heavy atom. The number of carbonyl (C=O) groups is 2. The fourth-order valence-electron chi connectivity index (χ4n) is 2.86. The van der Waals surface area contributed by atoms with E-state index >= 15 is 0 Å². The van der Waals surface area contributed by atoms with Gasteiger partial charge in [0.1, 0.15) is 11.5 Å². The largest absolute Gasteiger partial charge is 0.494 e. The summed E-state index contributed by atoms with van der Waals surface area (Å²) in [6.45, 7) is 5.52. The number of benzene rings is 1. The number of nitrogens with one attached hydrogen (secondary N) is 1. The number of anilines is 2. The van der Waals surface area contributed by atoms with Crippen LogP contribution in [0.1, 0.15) is 32.4 Å². The Labute approximate surface area is 162 Å². The second kappa shape index (κ2) is 8.85. The van der Waals surface area contributed by atoms with E-state index in [1.54, 1.807) is 17.0 Å². The second-order valence-corrected chi connectivity index (χ2v) is 6.86. The first kappa shape index (κ1) is 19.2. The molecule has 2 amide bonds. The molecular formula is C19H23N3O4S. The van der Waals surface area contributed by atoms with Crippen LogP contribution < -0.4 is 19.7 Å². The summed E-state index contributed by atoms with van der Waals surface area (Å²) in [5.74, 6) is 1.15. The molecule has 0 bridgehead atoms. The molecule has 1 fully saturated rings. The van der Waals surface area contributed by atoms with Gasteiger partial charge in [0.15, 0.2) is 5.13 Å². The normalized spacial score (nSPS) is 13.7. The van der Waals surface area contributed by atoms with Crippen molar-refractivity contribution in [3.05, 3.63) is 29.3 Å². The highest BCUT2D eigenvalue weighted by atomic mass is 32.1. The highest BCUT2D eigenvalue weighted by molar-refractivity contribution is 7.14. The number of thiazole rings is 1. The fraction of sp³-hybridized carbons (Fsp3) is 0.421. The number of hydrogen-bond acceptors (Lipinski definition) is 6. The minimum atomic E-state index is -0.200. The summed E-state index contributed by atoms with van der Waals surface area (Å²) in [5.41, 5.74) is 1.21. The average Bonchev–Trinajstić information content (AvgIpc) is 3.26. The number of nitrogens with zero attached hydrogens (tertiary/aromatic N) is 2. The molecule has 1 aliphatic heterocycles. The van der Waals surface area contributed by atoms with E-state index in [-0.39, 0.29) is 18.2 Å². The van der Waals surface area contributed by atoms with Crippen molar-refractivity contribution in [2.75, 3.05) is 30.0 Å². The van der Waals surface area contributed by atoms with Gasteiger partial charge in [-0.15, -0.1) is 11.3 Å². The van der Waals surface area contributed by atoms with Gasteiger partial charge in [0.25, 0.3) is 0 Å². The maximum Gasteiger partial charge on any atom is 0.230 e. The second-order valence-electron chi connectivity index (χ2n) is 6.02. The molecule has 1 saturated heterocycles. The number of rotatable bonds is 8. The van der Waals surface area contributed by atoms with Crippen LogP contribution in [0, 0.1) is 0 Å². The third-order valence-corrected chi connectivity index (χ3v) is 4.93. The number of hydrogen-bond donors (Lipinski definition) is 1. The summed E-state index contributed by atoms with van der Waals surface area (Å²) in [6, 6.07) is 5.34. The van der Waals surface area contributed by atoms with Crippen LogP contribution in [0.5, 0.6) is 11.5 Å². The molecule has 8 heteroatoms. The smallest absolute Gasteiger partial charge is 0.230 e. The Bertz CT molecular complexity index is 821. The van der Waals surface area contributed by atoms with Gasteiger partial charge in [0.2, 0.25) is 11.8 Å². The molecule has 0 atom stereocenters. The van der Waals surface area contributed by atoms with Crippen molar-refractivity contribution in [2.24, 2.45) is 0 Å². The third kappa shape index (κ3) is 4.77. The van der Waals surface area contributed by atoms with Crippen LogP contribution in [-0.2, 0) is 16.0 Å². The first-order chi connectivity index (χ1) is 13.1. The SMILES string of the molecule is CCOc1ccc(OCC)c(NC(=O)Cc2csc(N3CCCC3=O)n2)c1. The quantitative estimate of drug-likeness (QED) is 0.750. The van der Waals surface area contributed by atoms with Gasteiger partial charge < -0.3 is 14.8 Å². The van der Waals surface area contributed by atoms with E-state index in [0.717, 1.165) is 6.42 Å². The van der Waals surface area contributed by atoms with Gasteiger partial charge in [-0.2, -0.15) is 0 Å². The number of ether oxygens (including phenoxy) is 2. The Morgan fingerprint density at radius 1 is 1.30 bits per heavy atom. The van der Waals surface area contributed by atoms with Crippen LogP contribution >= 0.6 is 11.3 Å². The molecule has 0 spiro atoms. The minimum absolute atomic E-state index is 0.0921. The first-order valence-corrected chi connectivity index (χ1v) is 9.93. The Hall–Kier alpha value is -2.61. The van der Waals surface area contributed by atoms with E-state index in [9.17, 15) is 9.59 Å². The lowest BCUT2D eigenvalue weighted by atomic mass is 10.2. The van der Waals surface area contributed by atoms with Gasteiger partial charge in [-0.1, -0.05) is 0 Å². The number of aromatic nitrogens is 1. The van der Waals surface area contributed by atoms with Crippen LogP contribution in [0.15, 0.2) is 23.6 Å². The van der Waals surface area contributed by atoms with Crippen LogP contribution in [0.25, 0.3) is 0 Å². The Morgan fingerprint density at radius 2 is 2.11 bits per heavy atom. The number of amides is 2. The third-order valence-electron chi connectivity index (χ3n) is 4.02. The van der Waals surface area contributed by atoms with Crippen molar-refractivity contribution in [1.29, 1.82) is 0 Å². The van der Waals surface area contributed by atoms with Gasteiger partial charge in [-0.3, -0.25) is 14.5 Å². The zero-order chi connectivity index (χ0) is 19.2.